The quantitative estimate of drug-likeness (QED) is 0.781. The molecule has 0 radical (unpaired) electrons. The van der Waals surface area contributed by atoms with Crippen molar-refractivity contribution in [3.8, 4) is 21.8 Å². The van der Waals surface area contributed by atoms with E-state index in [0.717, 1.165) is 21.8 Å². The fraction of sp³-hybridized carbons (Fsp3) is 0.0714. The van der Waals surface area contributed by atoms with Crippen molar-refractivity contribution in [2.45, 2.75) is 6.92 Å². The van der Waals surface area contributed by atoms with E-state index in [-0.39, 0.29) is 0 Å². The SMILES string of the molecule is Cc1ncc(-c2nc(-c3ccc(Cl)cc3)cs2)c(N)n1. The minimum absolute atomic E-state index is 0.453. The van der Waals surface area contributed by atoms with Crippen molar-refractivity contribution >= 4 is 28.8 Å². The highest BCUT2D eigenvalue weighted by Crippen LogP contribution is 2.31. The molecule has 0 aliphatic rings. The van der Waals surface area contributed by atoms with Gasteiger partial charge < -0.3 is 5.73 Å². The zero-order valence-corrected chi connectivity index (χ0v) is 12.2. The zero-order valence-electron chi connectivity index (χ0n) is 10.7. The number of thiazole rings is 1. The Labute approximate surface area is 125 Å². The van der Waals surface area contributed by atoms with Crippen LogP contribution in [0.4, 0.5) is 5.82 Å². The van der Waals surface area contributed by atoms with E-state index in [1.165, 1.54) is 11.3 Å². The number of hydrogen-bond donors (Lipinski definition) is 1. The molecule has 20 heavy (non-hydrogen) atoms. The Bertz CT molecular complexity index is 752. The average Bonchev–Trinajstić information content (AvgIpc) is 2.89. The van der Waals surface area contributed by atoms with Crippen LogP contribution in [0.2, 0.25) is 5.02 Å². The number of benzene rings is 1. The molecule has 0 spiro atoms. The van der Waals surface area contributed by atoms with Crippen LogP contribution < -0.4 is 5.73 Å². The highest BCUT2D eigenvalue weighted by molar-refractivity contribution is 7.13. The lowest BCUT2D eigenvalue weighted by molar-refractivity contribution is 1.06. The fourth-order valence-corrected chi connectivity index (χ4v) is 2.78. The van der Waals surface area contributed by atoms with Gasteiger partial charge in [-0.3, -0.25) is 0 Å². The Morgan fingerprint density at radius 3 is 2.60 bits per heavy atom. The van der Waals surface area contributed by atoms with Crippen molar-refractivity contribution in [3.63, 3.8) is 0 Å². The molecular weight excluding hydrogens is 292 g/mol. The van der Waals surface area contributed by atoms with Crippen molar-refractivity contribution in [2.75, 3.05) is 5.73 Å². The maximum atomic E-state index is 5.92. The summed E-state index contributed by atoms with van der Waals surface area (Å²) >= 11 is 7.40. The molecule has 100 valence electrons. The Morgan fingerprint density at radius 2 is 1.90 bits per heavy atom. The van der Waals surface area contributed by atoms with Crippen LogP contribution in [0.3, 0.4) is 0 Å². The first-order chi connectivity index (χ1) is 9.63. The lowest BCUT2D eigenvalue weighted by Gasteiger charge is -2.01. The van der Waals surface area contributed by atoms with Crippen LogP contribution in [0.5, 0.6) is 0 Å². The molecule has 0 atom stereocenters. The van der Waals surface area contributed by atoms with Crippen LogP contribution in [0.25, 0.3) is 21.8 Å². The summed E-state index contributed by atoms with van der Waals surface area (Å²) in [5, 5.41) is 3.51. The van der Waals surface area contributed by atoms with Crippen LogP contribution in [0.1, 0.15) is 5.82 Å². The topological polar surface area (TPSA) is 64.7 Å². The van der Waals surface area contributed by atoms with E-state index in [4.69, 9.17) is 17.3 Å². The van der Waals surface area contributed by atoms with Gasteiger partial charge >= 0.3 is 0 Å². The van der Waals surface area contributed by atoms with Crippen molar-refractivity contribution in [1.82, 2.24) is 15.0 Å². The minimum Gasteiger partial charge on any atom is -0.383 e. The molecule has 1 aromatic carbocycles. The molecule has 2 aromatic heterocycles. The maximum absolute atomic E-state index is 5.92. The lowest BCUT2D eigenvalue weighted by Crippen LogP contribution is -1.98. The summed E-state index contributed by atoms with van der Waals surface area (Å²) in [6.45, 7) is 1.81. The Hall–Kier alpha value is -1.98. The van der Waals surface area contributed by atoms with Gasteiger partial charge in [-0.05, 0) is 19.1 Å². The van der Waals surface area contributed by atoms with E-state index in [1.807, 2.05) is 29.6 Å². The molecule has 0 saturated carbocycles. The molecule has 4 nitrogen and oxygen atoms in total. The van der Waals surface area contributed by atoms with E-state index < -0.39 is 0 Å². The van der Waals surface area contributed by atoms with Gasteiger partial charge in [0, 0.05) is 22.2 Å². The van der Waals surface area contributed by atoms with Crippen LogP contribution in [-0.4, -0.2) is 15.0 Å². The fourth-order valence-electron chi connectivity index (χ4n) is 1.80. The standard InChI is InChI=1S/C14H11ClN4S/c1-8-17-6-11(13(16)18-8)14-19-12(7-20-14)9-2-4-10(15)5-3-9/h2-7H,1H3,(H2,16,17,18). The monoisotopic (exact) mass is 302 g/mol. The van der Waals surface area contributed by atoms with Gasteiger partial charge in [-0.2, -0.15) is 0 Å². The van der Waals surface area contributed by atoms with Crippen LogP contribution >= 0.6 is 22.9 Å². The third-order valence-corrected chi connectivity index (χ3v) is 3.94. The number of nitrogens with zero attached hydrogens (tertiary/aromatic N) is 3. The molecule has 0 aliphatic heterocycles. The van der Waals surface area contributed by atoms with Gasteiger partial charge in [0.15, 0.2) is 0 Å². The van der Waals surface area contributed by atoms with Gasteiger partial charge in [-0.1, -0.05) is 23.7 Å². The van der Waals surface area contributed by atoms with E-state index in [1.54, 1.807) is 13.1 Å². The van der Waals surface area contributed by atoms with E-state index in [2.05, 4.69) is 15.0 Å². The molecule has 0 amide bonds. The van der Waals surface area contributed by atoms with Crippen LogP contribution in [0, 0.1) is 6.92 Å². The lowest BCUT2D eigenvalue weighted by atomic mass is 10.2. The number of nitrogens with two attached hydrogens (primary N) is 1. The molecule has 6 heteroatoms. The van der Waals surface area contributed by atoms with Gasteiger partial charge in [-0.15, -0.1) is 11.3 Å². The van der Waals surface area contributed by atoms with Crippen molar-refractivity contribution in [2.24, 2.45) is 0 Å². The summed E-state index contributed by atoms with van der Waals surface area (Å²) in [4.78, 5) is 12.9. The highest BCUT2D eigenvalue weighted by atomic mass is 35.5. The first-order valence-electron chi connectivity index (χ1n) is 5.94. The first kappa shape index (κ1) is 13.0. The van der Waals surface area contributed by atoms with Gasteiger partial charge in [-0.25, -0.2) is 15.0 Å². The highest BCUT2D eigenvalue weighted by Gasteiger charge is 2.11. The summed E-state index contributed by atoms with van der Waals surface area (Å²) in [6.07, 6.45) is 1.71. The first-order valence-corrected chi connectivity index (χ1v) is 7.20. The molecule has 0 unspecified atom stereocenters. The van der Waals surface area contributed by atoms with Crippen LogP contribution in [-0.2, 0) is 0 Å². The average molecular weight is 303 g/mol. The molecular formula is C14H11ClN4S. The molecule has 0 saturated heterocycles. The van der Waals surface area contributed by atoms with E-state index >= 15 is 0 Å². The number of aromatic nitrogens is 3. The van der Waals surface area contributed by atoms with E-state index in [0.29, 0.717) is 16.7 Å². The number of nitrogen functional groups attached to an aromatic ring is 1. The largest absolute Gasteiger partial charge is 0.383 e. The molecule has 0 bridgehead atoms. The normalized spacial score (nSPS) is 10.7. The Kier molecular flexibility index (Phi) is 3.38. The summed E-state index contributed by atoms with van der Waals surface area (Å²) < 4.78 is 0. The van der Waals surface area contributed by atoms with Crippen LogP contribution in [0.15, 0.2) is 35.8 Å². The predicted molar refractivity (Wildman–Crippen MR) is 82.7 cm³/mol. The number of halogens is 1. The Morgan fingerprint density at radius 1 is 1.15 bits per heavy atom. The van der Waals surface area contributed by atoms with E-state index in [9.17, 15) is 0 Å². The number of aryl methyl sites for hydroxylation is 1. The maximum Gasteiger partial charge on any atom is 0.137 e. The third-order valence-electron chi connectivity index (χ3n) is 2.81. The van der Waals surface area contributed by atoms with Gasteiger partial charge in [0.2, 0.25) is 0 Å². The summed E-state index contributed by atoms with van der Waals surface area (Å²) in [7, 11) is 0. The Balaban J connectivity index is 1.99. The van der Waals surface area contributed by atoms with Crippen molar-refractivity contribution in [1.29, 1.82) is 0 Å². The van der Waals surface area contributed by atoms with Gasteiger partial charge in [0.25, 0.3) is 0 Å². The molecule has 2 heterocycles. The number of rotatable bonds is 2. The molecule has 0 fully saturated rings. The second-order valence-corrected chi connectivity index (χ2v) is 5.56. The smallest absolute Gasteiger partial charge is 0.137 e. The number of anilines is 1. The summed E-state index contributed by atoms with van der Waals surface area (Å²) in [5.41, 5.74) is 8.59. The molecule has 2 N–H and O–H groups in total. The van der Waals surface area contributed by atoms with Crippen molar-refractivity contribution in [3.05, 3.63) is 46.7 Å². The summed E-state index contributed by atoms with van der Waals surface area (Å²) in [6, 6.07) is 7.57. The third kappa shape index (κ3) is 2.50. The van der Waals surface area contributed by atoms with Gasteiger partial charge in [0.1, 0.15) is 16.6 Å². The molecule has 3 rings (SSSR count). The predicted octanol–water partition coefficient (Wildman–Crippen LogP) is 3.81. The molecule has 0 aliphatic carbocycles. The second-order valence-electron chi connectivity index (χ2n) is 4.26. The van der Waals surface area contributed by atoms with Crippen molar-refractivity contribution < 1.29 is 0 Å². The second kappa shape index (κ2) is 5.19. The molecule has 3 aromatic rings. The number of hydrogen-bond acceptors (Lipinski definition) is 5. The summed E-state index contributed by atoms with van der Waals surface area (Å²) in [5.74, 6) is 1.11. The minimum atomic E-state index is 0.453. The van der Waals surface area contributed by atoms with Gasteiger partial charge in [0.05, 0.1) is 11.3 Å². The zero-order chi connectivity index (χ0) is 14.1.